The molecule has 96 valence electrons. The highest BCUT2D eigenvalue weighted by Gasteiger charge is 2.38. The molecule has 1 aliphatic heterocycles. The molecule has 1 saturated carbocycles. The summed E-state index contributed by atoms with van der Waals surface area (Å²) >= 11 is 0. The fourth-order valence-corrected chi connectivity index (χ4v) is 3.13. The van der Waals surface area contributed by atoms with Crippen LogP contribution in [0.2, 0.25) is 0 Å². The van der Waals surface area contributed by atoms with Crippen molar-refractivity contribution < 1.29 is 10.0 Å². The predicted octanol–water partition coefficient (Wildman–Crippen LogP) is 1.16. The van der Waals surface area contributed by atoms with Crippen LogP contribution in [0.5, 0.6) is 0 Å². The molecule has 17 heavy (non-hydrogen) atoms. The fraction of sp³-hybridized carbons (Fsp3) is 0.833. The predicted molar refractivity (Wildman–Crippen MR) is 64.6 cm³/mol. The van der Waals surface area contributed by atoms with E-state index in [0.717, 1.165) is 38.6 Å². The molecule has 1 aliphatic carbocycles. The molecule has 3 unspecified atom stereocenters. The van der Waals surface area contributed by atoms with Gasteiger partial charge in [-0.1, -0.05) is 18.5 Å². The Morgan fingerprint density at radius 2 is 2.12 bits per heavy atom. The Morgan fingerprint density at radius 1 is 1.35 bits per heavy atom. The van der Waals surface area contributed by atoms with Crippen molar-refractivity contribution in [1.29, 1.82) is 0 Å². The summed E-state index contributed by atoms with van der Waals surface area (Å²) < 4.78 is 0. The molecule has 2 aliphatic rings. The minimum Gasteiger partial charge on any atom is -0.409 e. The topological polar surface area (TPSA) is 78.9 Å². The van der Waals surface area contributed by atoms with Crippen molar-refractivity contribution in [3.05, 3.63) is 0 Å². The van der Waals surface area contributed by atoms with Crippen LogP contribution in [0.1, 0.15) is 39.0 Å². The van der Waals surface area contributed by atoms with Gasteiger partial charge in [0.2, 0.25) is 5.91 Å². The first-order valence-electron chi connectivity index (χ1n) is 6.43. The highest BCUT2D eigenvalue weighted by atomic mass is 16.4. The molecule has 1 amide bonds. The van der Waals surface area contributed by atoms with Gasteiger partial charge in [-0.15, -0.1) is 0 Å². The van der Waals surface area contributed by atoms with Gasteiger partial charge in [-0.05, 0) is 31.6 Å². The molecule has 1 heterocycles. The number of likely N-dealkylation sites (tertiary alicyclic amines) is 1. The summed E-state index contributed by atoms with van der Waals surface area (Å²) in [6.45, 7) is 2.88. The standard InChI is InChI=1S/C12H21N3O2/c1-8-4-2-5-9(8)12(16)15-7-3-6-10(15)11(13)14-17/h8-10,17H,2-7H2,1H3,(H2,13,14). The minimum absolute atomic E-state index is 0.141. The molecule has 0 spiro atoms. The summed E-state index contributed by atoms with van der Waals surface area (Å²) in [7, 11) is 0. The van der Waals surface area contributed by atoms with Gasteiger partial charge in [-0.2, -0.15) is 0 Å². The number of hydrogen-bond acceptors (Lipinski definition) is 3. The first-order chi connectivity index (χ1) is 8.15. The Kier molecular flexibility index (Phi) is 3.54. The lowest BCUT2D eigenvalue weighted by molar-refractivity contribution is -0.136. The van der Waals surface area contributed by atoms with Gasteiger partial charge in [-0.3, -0.25) is 4.79 Å². The summed E-state index contributed by atoms with van der Waals surface area (Å²) in [5.74, 6) is 0.976. The maximum Gasteiger partial charge on any atom is 0.226 e. The minimum atomic E-state index is -0.194. The zero-order valence-corrected chi connectivity index (χ0v) is 10.3. The van der Waals surface area contributed by atoms with Crippen LogP contribution in [-0.2, 0) is 4.79 Å². The van der Waals surface area contributed by atoms with Crippen molar-refractivity contribution in [2.45, 2.75) is 45.1 Å². The van der Waals surface area contributed by atoms with Crippen molar-refractivity contribution in [2.24, 2.45) is 22.7 Å². The Labute approximate surface area is 102 Å². The van der Waals surface area contributed by atoms with E-state index in [-0.39, 0.29) is 23.7 Å². The lowest BCUT2D eigenvalue weighted by atomic mass is 9.96. The molecule has 0 aromatic heterocycles. The van der Waals surface area contributed by atoms with Gasteiger partial charge in [0.15, 0.2) is 5.84 Å². The van der Waals surface area contributed by atoms with E-state index in [1.54, 1.807) is 0 Å². The monoisotopic (exact) mass is 239 g/mol. The van der Waals surface area contributed by atoms with Crippen LogP contribution in [0.25, 0.3) is 0 Å². The molecule has 0 aromatic carbocycles. The molecular formula is C12H21N3O2. The Hall–Kier alpha value is -1.26. The molecule has 2 rings (SSSR count). The zero-order chi connectivity index (χ0) is 12.4. The first-order valence-corrected chi connectivity index (χ1v) is 6.43. The number of nitrogens with zero attached hydrogens (tertiary/aromatic N) is 2. The second-order valence-corrected chi connectivity index (χ2v) is 5.23. The van der Waals surface area contributed by atoms with E-state index in [4.69, 9.17) is 10.9 Å². The molecule has 0 aromatic rings. The van der Waals surface area contributed by atoms with E-state index >= 15 is 0 Å². The number of rotatable bonds is 2. The summed E-state index contributed by atoms with van der Waals surface area (Å²) in [4.78, 5) is 14.2. The van der Waals surface area contributed by atoms with Gasteiger partial charge in [0.1, 0.15) is 0 Å². The summed E-state index contributed by atoms with van der Waals surface area (Å²) in [5.41, 5.74) is 5.65. The lowest BCUT2D eigenvalue weighted by Crippen LogP contribution is -2.46. The Balaban J connectivity index is 2.08. The van der Waals surface area contributed by atoms with Crippen molar-refractivity contribution in [2.75, 3.05) is 6.54 Å². The molecule has 0 bridgehead atoms. The van der Waals surface area contributed by atoms with E-state index in [2.05, 4.69) is 12.1 Å². The van der Waals surface area contributed by atoms with Crippen LogP contribution in [0.15, 0.2) is 5.16 Å². The summed E-state index contributed by atoms with van der Waals surface area (Å²) in [6.07, 6.45) is 5.01. The van der Waals surface area contributed by atoms with E-state index in [9.17, 15) is 4.79 Å². The molecule has 5 heteroatoms. The Bertz CT molecular complexity index is 330. The third-order valence-corrected chi connectivity index (χ3v) is 4.17. The second kappa shape index (κ2) is 4.94. The second-order valence-electron chi connectivity index (χ2n) is 5.23. The fourth-order valence-electron chi connectivity index (χ4n) is 3.13. The quantitative estimate of drug-likeness (QED) is 0.328. The highest BCUT2D eigenvalue weighted by Crippen LogP contribution is 2.34. The van der Waals surface area contributed by atoms with Gasteiger partial charge in [0, 0.05) is 12.5 Å². The third kappa shape index (κ3) is 2.23. The molecule has 3 atom stereocenters. The first kappa shape index (κ1) is 12.2. The lowest BCUT2D eigenvalue weighted by Gasteiger charge is -2.28. The van der Waals surface area contributed by atoms with E-state index in [1.165, 1.54) is 0 Å². The number of amidine groups is 1. The molecular weight excluding hydrogens is 218 g/mol. The maximum atomic E-state index is 12.4. The van der Waals surface area contributed by atoms with Crippen LogP contribution in [0.3, 0.4) is 0 Å². The van der Waals surface area contributed by atoms with Crippen LogP contribution in [-0.4, -0.2) is 34.4 Å². The number of carbonyl (C=O) groups is 1. The summed E-state index contributed by atoms with van der Waals surface area (Å²) in [5, 5.41) is 11.8. The number of carbonyl (C=O) groups excluding carboxylic acids is 1. The van der Waals surface area contributed by atoms with Crippen molar-refractivity contribution in [1.82, 2.24) is 4.90 Å². The molecule has 1 saturated heterocycles. The van der Waals surface area contributed by atoms with Crippen LogP contribution in [0.4, 0.5) is 0 Å². The van der Waals surface area contributed by atoms with E-state index in [0.29, 0.717) is 5.92 Å². The molecule has 5 nitrogen and oxygen atoms in total. The number of nitrogens with two attached hydrogens (primary N) is 1. The normalized spacial score (nSPS) is 34.3. The average Bonchev–Trinajstić information content (AvgIpc) is 2.95. The number of amides is 1. The van der Waals surface area contributed by atoms with Crippen molar-refractivity contribution >= 4 is 11.7 Å². The van der Waals surface area contributed by atoms with Crippen LogP contribution < -0.4 is 5.73 Å². The van der Waals surface area contributed by atoms with E-state index in [1.807, 2.05) is 4.90 Å². The Morgan fingerprint density at radius 3 is 2.71 bits per heavy atom. The van der Waals surface area contributed by atoms with Gasteiger partial charge < -0.3 is 15.8 Å². The largest absolute Gasteiger partial charge is 0.409 e. The summed E-state index contributed by atoms with van der Waals surface area (Å²) in [6, 6.07) is -0.194. The number of hydrogen-bond donors (Lipinski definition) is 2. The molecule has 2 fully saturated rings. The van der Waals surface area contributed by atoms with Gasteiger partial charge in [-0.25, -0.2) is 0 Å². The third-order valence-electron chi connectivity index (χ3n) is 4.17. The molecule has 0 radical (unpaired) electrons. The van der Waals surface area contributed by atoms with Crippen LogP contribution in [0, 0.1) is 11.8 Å². The molecule has 3 N–H and O–H groups in total. The maximum absolute atomic E-state index is 12.4. The SMILES string of the molecule is CC1CCCC1C(=O)N1CCCC1C(N)=NO. The van der Waals surface area contributed by atoms with Gasteiger partial charge >= 0.3 is 0 Å². The average molecular weight is 239 g/mol. The van der Waals surface area contributed by atoms with Crippen molar-refractivity contribution in [3.8, 4) is 0 Å². The van der Waals surface area contributed by atoms with Gasteiger partial charge in [0.05, 0.1) is 6.04 Å². The zero-order valence-electron chi connectivity index (χ0n) is 10.3. The highest BCUT2D eigenvalue weighted by molar-refractivity contribution is 5.91. The van der Waals surface area contributed by atoms with Gasteiger partial charge in [0.25, 0.3) is 0 Å². The smallest absolute Gasteiger partial charge is 0.226 e. The number of oxime groups is 1. The van der Waals surface area contributed by atoms with Crippen molar-refractivity contribution in [3.63, 3.8) is 0 Å². The van der Waals surface area contributed by atoms with Crippen LogP contribution >= 0.6 is 0 Å². The van der Waals surface area contributed by atoms with E-state index < -0.39 is 0 Å².